The van der Waals surface area contributed by atoms with E-state index >= 15 is 0 Å². The van der Waals surface area contributed by atoms with Crippen LogP contribution in [0.15, 0.2) is 71.8 Å². The molecule has 1 amide bonds. The van der Waals surface area contributed by atoms with E-state index in [1.54, 1.807) is 12.1 Å². The van der Waals surface area contributed by atoms with Gasteiger partial charge in [0, 0.05) is 22.1 Å². The number of hydrogen-bond acceptors (Lipinski definition) is 5. The number of amides is 1. The number of aryl methyl sites for hydroxylation is 1. The van der Waals surface area contributed by atoms with Gasteiger partial charge in [0.05, 0.1) is 5.39 Å². The first-order valence-electron chi connectivity index (χ1n) is 9.53. The lowest BCUT2D eigenvalue weighted by molar-refractivity contribution is -0.112. The number of carbonyl (C=O) groups is 1. The second kappa shape index (κ2) is 9.11. The molecule has 0 spiro atoms. The van der Waals surface area contributed by atoms with Gasteiger partial charge in [0.2, 0.25) is 0 Å². The van der Waals surface area contributed by atoms with Crippen molar-refractivity contribution in [2.24, 2.45) is 0 Å². The van der Waals surface area contributed by atoms with Gasteiger partial charge in [-0.3, -0.25) is 15.0 Å². The van der Waals surface area contributed by atoms with Crippen molar-refractivity contribution in [2.75, 3.05) is 5.43 Å². The molecule has 162 valence electrons. The van der Waals surface area contributed by atoms with Crippen molar-refractivity contribution in [3.05, 3.63) is 87.8 Å². The summed E-state index contributed by atoms with van der Waals surface area (Å²) < 4.78 is 30.5. The number of fused-ring (bicyclic) bond motifs is 1. The molecule has 0 aliphatic carbocycles. The van der Waals surface area contributed by atoms with Gasteiger partial charge in [-0.25, -0.2) is 9.66 Å². The van der Waals surface area contributed by atoms with Gasteiger partial charge in [0.15, 0.2) is 0 Å². The Labute approximate surface area is 185 Å². The quantitative estimate of drug-likeness (QED) is 0.425. The van der Waals surface area contributed by atoms with Crippen molar-refractivity contribution in [1.82, 2.24) is 9.66 Å². The summed E-state index contributed by atoms with van der Waals surface area (Å²) in [5.74, 6) is -0.693. The Morgan fingerprint density at radius 3 is 2.62 bits per heavy atom. The minimum atomic E-state index is -2.98. The Bertz CT molecular complexity index is 1360. The van der Waals surface area contributed by atoms with Gasteiger partial charge >= 0.3 is 6.61 Å². The maximum atomic E-state index is 13.1. The highest BCUT2D eigenvalue weighted by Crippen LogP contribution is 2.35. The first-order chi connectivity index (χ1) is 15.4. The van der Waals surface area contributed by atoms with E-state index in [1.807, 2.05) is 37.3 Å². The molecule has 0 saturated heterocycles. The van der Waals surface area contributed by atoms with Gasteiger partial charge in [-0.05, 0) is 24.6 Å². The molecule has 4 aromatic rings. The van der Waals surface area contributed by atoms with Crippen molar-refractivity contribution < 1.29 is 18.3 Å². The minimum Gasteiger partial charge on any atom is -0.434 e. The standard InChI is InChI=1S/C23H17F2N3O3S/c1-14-19(16-8-3-2-4-9-16)20-21(32-14)26-13-28(22(20)30)27-18(29)12-11-15-7-5-6-10-17(15)31-23(24)25/h2-13,23H,1H3,(H,27,29)/b12-11+. The summed E-state index contributed by atoms with van der Waals surface area (Å²) >= 11 is 1.40. The third kappa shape index (κ3) is 4.42. The zero-order valence-electron chi connectivity index (χ0n) is 16.8. The Balaban J connectivity index is 1.63. The first kappa shape index (κ1) is 21.4. The van der Waals surface area contributed by atoms with Crippen molar-refractivity contribution in [3.63, 3.8) is 0 Å². The van der Waals surface area contributed by atoms with Gasteiger partial charge in [0.25, 0.3) is 11.5 Å². The summed E-state index contributed by atoms with van der Waals surface area (Å²) in [4.78, 5) is 31.3. The number of nitrogens with zero attached hydrogens (tertiary/aromatic N) is 2. The lowest BCUT2D eigenvalue weighted by atomic mass is 10.0. The fourth-order valence-corrected chi connectivity index (χ4v) is 4.28. The number of para-hydroxylation sites is 1. The molecule has 9 heteroatoms. The molecule has 2 heterocycles. The van der Waals surface area contributed by atoms with E-state index in [-0.39, 0.29) is 5.75 Å². The molecule has 0 fully saturated rings. The zero-order chi connectivity index (χ0) is 22.7. The Hall–Kier alpha value is -3.85. The number of ether oxygens (including phenoxy) is 1. The van der Waals surface area contributed by atoms with Gasteiger partial charge < -0.3 is 4.74 Å². The molecular weight excluding hydrogens is 436 g/mol. The molecule has 1 N–H and O–H groups in total. The fraction of sp³-hybridized carbons (Fsp3) is 0.0870. The Morgan fingerprint density at radius 2 is 1.88 bits per heavy atom. The minimum absolute atomic E-state index is 0.0620. The number of aromatic nitrogens is 2. The van der Waals surface area contributed by atoms with Crippen LogP contribution in [-0.4, -0.2) is 22.2 Å². The molecule has 0 bridgehead atoms. The molecule has 0 radical (unpaired) electrons. The van der Waals surface area contributed by atoms with Crippen LogP contribution in [0.2, 0.25) is 0 Å². The molecule has 6 nitrogen and oxygen atoms in total. The Morgan fingerprint density at radius 1 is 1.16 bits per heavy atom. The number of alkyl halides is 2. The van der Waals surface area contributed by atoms with Crippen molar-refractivity contribution in [2.45, 2.75) is 13.5 Å². The summed E-state index contributed by atoms with van der Waals surface area (Å²) in [5, 5.41) is 0.418. The normalized spacial score (nSPS) is 11.4. The van der Waals surface area contributed by atoms with Crippen LogP contribution in [0.25, 0.3) is 27.4 Å². The highest BCUT2D eigenvalue weighted by atomic mass is 32.1. The summed E-state index contributed by atoms with van der Waals surface area (Å²) in [5.41, 5.74) is 3.99. The maximum absolute atomic E-state index is 13.1. The summed E-state index contributed by atoms with van der Waals surface area (Å²) in [6.07, 6.45) is 3.70. The van der Waals surface area contributed by atoms with E-state index in [2.05, 4.69) is 15.1 Å². The molecule has 0 saturated carbocycles. The highest BCUT2D eigenvalue weighted by Gasteiger charge is 2.17. The van der Waals surface area contributed by atoms with Crippen LogP contribution in [0.5, 0.6) is 5.75 Å². The molecule has 2 aromatic carbocycles. The molecule has 0 unspecified atom stereocenters. The SMILES string of the molecule is Cc1sc2ncn(NC(=O)/C=C/c3ccccc3OC(F)F)c(=O)c2c1-c1ccccc1. The van der Waals surface area contributed by atoms with E-state index in [0.29, 0.717) is 15.8 Å². The molecule has 0 aliphatic heterocycles. The maximum Gasteiger partial charge on any atom is 0.387 e. The topological polar surface area (TPSA) is 73.2 Å². The monoisotopic (exact) mass is 453 g/mol. The van der Waals surface area contributed by atoms with Crippen LogP contribution in [0.3, 0.4) is 0 Å². The number of halogens is 2. The van der Waals surface area contributed by atoms with E-state index < -0.39 is 18.1 Å². The largest absolute Gasteiger partial charge is 0.434 e. The predicted octanol–water partition coefficient (Wildman–Crippen LogP) is 4.82. The lowest BCUT2D eigenvalue weighted by Gasteiger charge is -2.08. The van der Waals surface area contributed by atoms with Gasteiger partial charge in [-0.2, -0.15) is 8.78 Å². The number of nitrogens with one attached hydrogen (secondary N) is 1. The number of rotatable bonds is 6. The van der Waals surface area contributed by atoms with Crippen LogP contribution in [0.4, 0.5) is 8.78 Å². The van der Waals surface area contributed by atoms with E-state index in [0.717, 1.165) is 26.8 Å². The molecule has 0 atom stereocenters. The second-order valence-electron chi connectivity index (χ2n) is 6.72. The lowest BCUT2D eigenvalue weighted by Crippen LogP contribution is -2.32. The number of thiophene rings is 1. The van der Waals surface area contributed by atoms with Crippen molar-refractivity contribution in [3.8, 4) is 16.9 Å². The zero-order valence-corrected chi connectivity index (χ0v) is 17.6. The van der Waals surface area contributed by atoms with Gasteiger partial charge in [-0.1, -0.05) is 48.5 Å². The molecule has 32 heavy (non-hydrogen) atoms. The average Bonchev–Trinajstić information content (AvgIpc) is 3.12. The summed E-state index contributed by atoms with van der Waals surface area (Å²) in [6.45, 7) is -1.07. The smallest absolute Gasteiger partial charge is 0.387 e. The van der Waals surface area contributed by atoms with Crippen LogP contribution in [0, 0.1) is 6.92 Å². The third-order valence-electron chi connectivity index (χ3n) is 4.63. The van der Waals surface area contributed by atoms with Crippen molar-refractivity contribution in [1.29, 1.82) is 0 Å². The van der Waals surface area contributed by atoms with Crippen molar-refractivity contribution >= 4 is 33.5 Å². The van der Waals surface area contributed by atoms with Crippen LogP contribution >= 0.6 is 11.3 Å². The number of hydrogen-bond donors (Lipinski definition) is 1. The Kier molecular flexibility index (Phi) is 6.09. The number of carbonyl (C=O) groups excluding carboxylic acids is 1. The first-order valence-corrected chi connectivity index (χ1v) is 10.3. The van der Waals surface area contributed by atoms with E-state index in [9.17, 15) is 18.4 Å². The summed E-state index contributed by atoms with van der Waals surface area (Å²) in [7, 11) is 0. The van der Waals surface area contributed by atoms with Crippen LogP contribution < -0.4 is 15.7 Å². The fourth-order valence-electron chi connectivity index (χ4n) is 3.28. The van der Waals surface area contributed by atoms with E-state index in [1.165, 1.54) is 35.9 Å². The molecule has 0 aliphatic rings. The highest BCUT2D eigenvalue weighted by molar-refractivity contribution is 7.19. The number of benzene rings is 2. The second-order valence-corrected chi connectivity index (χ2v) is 7.93. The average molecular weight is 453 g/mol. The van der Waals surface area contributed by atoms with Crippen LogP contribution in [-0.2, 0) is 4.79 Å². The van der Waals surface area contributed by atoms with Gasteiger partial charge in [0.1, 0.15) is 16.9 Å². The predicted molar refractivity (Wildman–Crippen MR) is 121 cm³/mol. The molecular formula is C23H17F2N3O3S. The van der Waals surface area contributed by atoms with Crippen LogP contribution in [0.1, 0.15) is 10.4 Å². The van der Waals surface area contributed by atoms with E-state index in [4.69, 9.17) is 0 Å². The third-order valence-corrected chi connectivity index (χ3v) is 5.64. The molecule has 4 rings (SSSR count). The summed E-state index contributed by atoms with van der Waals surface area (Å²) in [6, 6.07) is 15.5. The van der Waals surface area contributed by atoms with Gasteiger partial charge in [-0.15, -0.1) is 11.3 Å². The molecule has 2 aromatic heterocycles.